The lowest BCUT2D eigenvalue weighted by atomic mass is 9.86. The van der Waals surface area contributed by atoms with Crippen molar-refractivity contribution in [2.24, 2.45) is 0 Å². The lowest BCUT2D eigenvalue weighted by Crippen LogP contribution is -2.39. The molecule has 7 heteroatoms. The van der Waals surface area contributed by atoms with E-state index in [9.17, 15) is 0 Å². The van der Waals surface area contributed by atoms with Crippen molar-refractivity contribution in [3.05, 3.63) is 12.4 Å². The maximum absolute atomic E-state index is 8.97. The number of nitrogens with zero attached hydrogens (tertiary/aromatic N) is 3. The molecule has 2 rings (SSSR count). The molecule has 1 aliphatic rings. The average Bonchev–Trinajstić information content (AvgIpc) is 2.30. The molecular weight excluding hydrogens is 197 g/mol. The van der Waals surface area contributed by atoms with Crippen LogP contribution in [0.4, 0.5) is 5.82 Å². The highest BCUT2D eigenvalue weighted by atomic mass is 16.5. The van der Waals surface area contributed by atoms with Gasteiger partial charge in [-0.25, -0.2) is 9.97 Å². The second-order valence-electron chi connectivity index (χ2n) is 3.27. The minimum atomic E-state index is -1.55. The van der Waals surface area contributed by atoms with Crippen LogP contribution >= 0.6 is 0 Å². The van der Waals surface area contributed by atoms with E-state index in [2.05, 4.69) is 9.97 Å². The predicted molar refractivity (Wildman–Crippen MR) is 54.9 cm³/mol. The molecule has 80 valence electrons. The maximum Gasteiger partial charge on any atom is 0.508 e. The Balaban J connectivity index is 2.16. The zero-order valence-corrected chi connectivity index (χ0v) is 8.20. The van der Waals surface area contributed by atoms with Crippen molar-refractivity contribution in [3.8, 4) is 0 Å². The van der Waals surface area contributed by atoms with Crippen LogP contribution in [0.25, 0.3) is 0 Å². The number of anilines is 1. The number of aromatic nitrogens is 2. The molecule has 0 aliphatic carbocycles. The van der Waals surface area contributed by atoms with E-state index in [0.29, 0.717) is 19.0 Å². The first-order chi connectivity index (χ1) is 7.27. The average molecular weight is 209 g/mol. The van der Waals surface area contributed by atoms with Crippen molar-refractivity contribution >= 4 is 18.5 Å². The summed E-state index contributed by atoms with van der Waals surface area (Å²) >= 11 is 0. The molecule has 6 nitrogen and oxygen atoms in total. The Morgan fingerprint density at radius 2 is 2.00 bits per heavy atom. The first-order valence-electron chi connectivity index (χ1n) is 4.78. The number of morpholine rings is 1. The van der Waals surface area contributed by atoms with Gasteiger partial charge in [0.25, 0.3) is 0 Å². The summed E-state index contributed by atoms with van der Waals surface area (Å²) < 4.78 is 5.22. The van der Waals surface area contributed by atoms with Crippen LogP contribution in [0.3, 0.4) is 0 Å². The Morgan fingerprint density at radius 1 is 1.27 bits per heavy atom. The van der Waals surface area contributed by atoms with Crippen LogP contribution in [0, 0.1) is 0 Å². The van der Waals surface area contributed by atoms with E-state index in [1.807, 2.05) is 4.90 Å². The topological polar surface area (TPSA) is 78.7 Å². The highest BCUT2D eigenvalue weighted by molar-refractivity contribution is 6.57. The van der Waals surface area contributed by atoms with Crippen molar-refractivity contribution in [2.45, 2.75) is 0 Å². The summed E-state index contributed by atoms with van der Waals surface area (Å²) in [7, 11) is -1.55. The van der Waals surface area contributed by atoms with Crippen LogP contribution in [0.1, 0.15) is 0 Å². The number of ether oxygens (including phenoxy) is 1. The zero-order valence-electron chi connectivity index (χ0n) is 8.20. The first-order valence-corrected chi connectivity index (χ1v) is 4.78. The number of hydrogen-bond acceptors (Lipinski definition) is 6. The molecule has 1 saturated heterocycles. The normalized spacial score (nSPS) is 16.5. The standard InChI is InChI=1S/C8H12BN3O3/c13-9(14)7-5-8(11-6-10-7)12-1-3-15-4-2-12/h5-6,13-14H,1-4H2. The Labute approximate surface area is 87.7 Å². The second kappa shape index (κ2) is 4.56. The van der Waals surface area contributed by atoms with Crippen molar-refractivity contribution < 1.29 is 14.8 Å². The van der Waals surface area contributed by atoms with Gasteiger partial charge in [0.05, 0.1) is 18.8 Å². The zero-order chi connectivity index (χ0) is 10.7. The third kappa shape index (κ3) is 2.44. The summed E-state index contributed by atoms with van der Waals surface area (Å²) in [5.74, 6) is 0.705. The Hall–Kier alpha value is -1.18. The van der Waals surface area contributed by atoms with Gasteiger partial charge in [-0.3, -0.25) is 0 Å². The quantitative estimate of drug-likeness (QED) is 0.548. The van der Waals surface area contributed by atoms with Crippen LogP contribution in [-0.4, -0.2) is 53.4 Å². The lowest BCUT2D eigenvalue weighted by molar-refractivity contribution is 0.122. The highest BCUT2D eigenvalue weighted by Crippen LogP contribution is 2.09. The summed E-state index contributed by atoms with van der Waals surface area (Å²) in [5.41, 5.74) is 0.214. The monoisotopic (exact) mass is 209 g/mol. The van der Waals surface area contributed by atoms with Crippen LogP contribution in [0.5, 0.6) is 0 Å². The summed E-state index contributed by atoms with van der Waals surface area (Å²) in [6.07, 6.45) is 1.33. The lowest BCUT2D eigenvalue weighted by Gasteiger charge is -2.27. The van der Waals surface area contributed by atoms with Gasteiger partial charge in [-0.15, -0.1) is 0 Å². The molecule has 2 N–H and O–H groups in total. The fourth-order valence-electron chi connectivity index (χ4n) is 1.47. The molecule has 0 bridgehead atoms. The molecule has 0 aromatic carbocycles. The Kier molecular flexibility index (Phi) is 3.15. The van der Waals surface area contributed by atoms with E-state index < -0.39 is 7.12 Å². The van der Waals surface area contributed by atoms with Crippen molar-refractivity contribution in [1.82, 2.24) is 9.97 Å². The number of rotatable bonds is 2. The third-order valence-corrected chi connectivity index (χ3v) is 2.27. The van der Waals surface area contributed by atoms with Gasteiger partial charge in [0, 0.05) is 13.1 Å². The van der Waals surface area contributed by atoms with E-state index in [4.69, 9.17) is 14.8 Å². The van der Waals surface area contributed by atoms with Gasteiger partial charge in [0.2, 0.25) is 0 Å². The maximum atomic E-state index is 8.97. The molecule has 0 amide bonds. The van der Waals surface area contributed by atoms with E-state index in [-0.39, 0.29) is 5.59 Å². The fourth-order valence-corrected chi connectivity index (χ4v) is 1.47. The summed E-state index contributed by atoms with van der Waals surface area (Å²) in [6, 6.07) is 1.58. The molecule has 0 unspecified atom stereocenters. The highest BCUT2D eigenvalue weighted by Gasteiger charge is 2.17. The smallest absolute Gasteiger partial charge is 0.422 e. The van der Waals surface area contributed by atoms with Crippen molar-refractivity contribution in [2.75, 3.05) is 31.2 Å². The van der Waals surface area contributed by atoms with Gasteiger partial charge in [0.15, 0.2) is 0 Å². The van der Waals surface area contributed by atoms with Gasteiger partial charge < -0.3 is 19.7 Å². The molecule has 1 aliphatic heterocycles. The Morgan fingerprint density at radius 3 is 2.67 bits per heavy atom. The van der Waals surface area contributed by atoms with Crippen LogP contribution in [-0.2, 0) is 4.74 Å². The van der Waals surface area contributed by atoms with Crippen LogP contribution in [0.2, 0.25) is 0 Å². The summed E-state index contributed by atoms with van der Waals surface area (Å²) in [4.78, 5) is 9.87. The molecular formula is C8H12BN3O3. The third-order valence-electron chi connectivity index (χ3n) is 2.27. The molecule has 0 atom stereocenters. The first kappa shape index (κ1) is 10.3. The predicted octanol–water partition coefficient (Wildman–Crippen LogP) is -2.01. The molecule has 2 heterocycles. The minimum Gasteiger partial charge on any atom is -0.422 e. The number of hydrogen-bond donors (Lipinski definition) is 2. The van der Waals surface area contributed by atoms with E-state index >= 15 is 0 Å². The van der Waals surface area contributed by atoms with Gasteiger partial charge in [0.1, 0.15) is 12.1 Å². The summed E-state index contributed by atoms with van der Waals surface area (Å²) in [5, 5.41) is 17.9. The van der Waals surface area contributed by atoms with E-state index in [1.54, 1.807) is 6.07 Å². The van der Waals surface area contributed by atoms with Crippen LogP contribution in [0.15, 0.2) is 12.4 Å². The van der Waals surface area contributed by atoms with Crippen LogP contribution < -0.4 is 10.5 Å². The van der Waals surface area contributed by atoms with Crippen molar-refractivity contribution in [3.63, 3.8) is 0 Å². The molecule has 1 fully saturated rings. The second-order valence-corrected chi connectivity index (χ2v) is 3.27. The van der Waals surface area contributed by atoms with Gasteiger partial charge in [-0.1, -0.05) is 0 Å². The molecule has 0 radical (unpaired) electrons. The minimum absolute atomic E-state index is 0.214. The molecule has 15 heavy (non-hydrogen) atoms. The SMILES string of the molecule is OB(O)c1cc(N2CCOCC2)ncn1. The van der Waals surface area contributed by atoms with E-state index in [1.165, 1.54) is 6.33 Å². The molecule has 0 spiro atoms. The Bertz CT molecular complexity index is 331. The molecule has 0 saturated carbocycles. The van der Waals surface area contributed by atoms with E-state index in [0.717, 1.165) is 13.1 Å². The van der Waals surface area contributed by atoms with Gasteiger partial charge in [-0.05, 0) is 6.07 Å². The fraction of sp³-hybridized carbons (Fsp3) is 0.500. The van der Waals surface area contributed by atoms with Gasteiger partial charge in [-0.2, -0.15) is 0 Å². The summed E-state index contributed by atoms with van der Waals surface area (Å²) in [6.45, 7) is 2.86. The molecule has 1 aromatic rings. The van der Waals surface area contributed by atoms with Gasteiger partial charge >= 0.3 is 7.12 Å². The molecule has 1 aromatic heterocycles. The van der Waals surface area contributed by atoms with Crippen molar-refractivity contribution in [1.29, 1.82) is 0 Å². The largest absolute Gasteiger partial charge is 0.508 e.